The lowest BCUT2D eigenvalue weighted by Gasteiger charge is -2.30. The van der Waals surface area contributed by atoms with E-state index in [2.05, 4.69) is 30.9 Å². The Morgan fingerprint density at radius 1 is 1.33 bits per heavy atom. The van der Waals surface area contributed by atoms with Gasteiger partial charge in [0, 0.05) is 25.9 Å². The van der Waals surface area contributed by atoms with E-state index < -0.39 is 0 Å². The van der Waals surface area contributed by atoms with Gasteiger partial charge in [-0.2, -0.15) is 5.10 Å². The third-order valence-corrected chi connectivity index (χ3v) is 3.65. The van der Waals surface area contributed by atoms with Gasteiger partial charge in [-0.05, 0) is 30.9 Å². The molecule has 0 aromatic carbocycles. The summed E-state index contributed by atoms with van der Waals surface area (Å²) in [4.78, 5) is 19.0. The lowest BCUT2D eigenvalue weighted by atomic mass is 9.95. The maximum atomic E-state index is 13.0. The van der Waals surface area contributed by atoms with Crippen molar-refractivity contribution in [3.8, 4) is 5.82 Å². The topological polar surface area (TPSA) is 71.2 Å². The second-order valence-corrected chi connectivity index (χ2v) is 7.11. The Balaban J connectivity index is 2.28. The average molecular weight is 330 g/mol. The van der Waals surface area contributed by atoms with E-state index in [0.29, 0.717) is 30.9 Å². The van der Waals surface area contributed by atoms with Crippen LogP contribution in [0.4, 0.5) is 0 Å². The Hall–Kier alpha value is -2.21. The van der Waals surface area contributed by atoms with Gasteiger partial charge in [-0.1, -0.05) is 26.8 Å². The number of nitrogens with zero attached hydrogens (tertiary/aromatic N) is 4. The largest absolute Gasteiger partial charge is 0.396 e. The second-order valence-electron chi connectivity index (χ2n) is 7.11. The summed E-state index contributed by atoms with van der Waals surface area (Å²) < 4.78 is 1.68. The SMILES string of the molecule is Cc1c(C(=O)N(CCCO)CC(C)(C)C)cnn1-c1ccccn1. The van der Waals surface area contributed by atoms with Gasteiger partial charge in [-0.25, -0.2) is 9.67 Å². The van der Waals surface area contributed by atoms with E-state index in [0.717, 1.165) is 5.69 Å². The molecule has 0 bridgehead atoms. The molecule has 2 aromatic heterocycles. The first-order chi connectivity index (χ1) is 11.3. The minimum atomic E-state index is -0.0574. The predicted octanol–water partition coefficient (Wildman–Crippen LogP) is 2.45. The first-order valence-corrected chi connectivity index (χ1v) is 8.19. The first-order valence-electron chi connectivity index (χ1n) is 8.19. The van der Waals surface area contributed by atoms with Crippen LogP contribution in [0.3, 0.4) is 0 Å². The minimum Gasteiger partial charge on any atom is -0.396 e. The highest BCUT2D eigenvalue weighted by Crippen LogP contribution is 2.20. The normalized spacial score (nSPS) is 11.5. The summed E-state index contributed by atoms with van der Waals surface area (Å²) in [5.74, 6) is 0.629. The summed E-state index contributed by atoms with van der Waals surface area (Å²) >= 11 is 0. The van der Waals surface area contributed by atoms with Gasteiger partial charge in [0.2, 0.25) is 0 Å². The summed E-state index contributed by atoms with van der Waals surface area (Å²) in [6.07, 6.45) is 3.86. The van der Waals surface area contributed by atoms with Crippen molar-refractivity contribution in [3.05, 3.63) is 41.9 Å². The zero-order valence-electron chi connectivity index (χ0n) is 14.9. The molecule has 24 heavy (non-hydrogen) atoms. The molecule has 0 aliphatic rings. The number of pyridine rings is 1. The van der Waals surface area contributed by atoms with Crippen LogP contribution in [-0.4, -0.2) is 50.4 Å². The van der Waals surface area contributed by atoms with Crippen molar-refractivity contribution in [2.75, 3.05) is 19.7 Å². The summed E-state index contributed by atoms with van der Waals surface area (Å²) in [6.45, 7) is 9.38. The van der Waals surface area contributed by atoms with Crippen LogP contribution in [0.5, 0.6) is 0 Å². The van der Waals surface area contributed by atoms with Crippen LogP contribution in [0.1, 0.15) is 43.2 Å². The van der Waals surface area contributed by atoms with Crippen LogP contribution in [0.2, 0.25) is 0 Å². The predicted molar refractivity (Wildman–Crippen MR) is 93.2 cm³/mol. The summed E-state index contributed by atoms with van der Waals surface area (Å²) in [7, 11) is 0. The van der Waals surface area contributed by atoms with Crippen molar-refractivity contribution in [1.82, 2.24) is 19.7 Å². The standard InChI is InChI=1S/C18H26N4O2/c1-14-15(12-20-22(14)16-8-5-6-9-19-16)17(24)21(10-7-11-23)13-18(2,3)4/h5-6,8-9,12,23H,7,10-11,13H2,1-4H3. The van der Waals surface area contributed by atoms with E-state index in [1.807, 2.05) is 25.1 Å². The maximum absolute atomic E-state index is 13.0. The lowest BCUT2D eigenvalue weighted by Crippen LogP contribution is -2.39. The highest BCUT2D eigenvalue weighted by Gasteiger charge is 2.25. The Kier molecular flexibility index (Phi) is 5.72. The second kappa shape index (κ2) is 7.57. The quantitative estimate of drug-likeness (QED) is 0.883. The van der Waals surface area contributed by atoms with Crippen molar-refractivity contribution >= 4 is 5.91 Å². The third-order valence-electron chi connectivity index (χ3n) is 3.65. The van der Waals surface area contributed by atoms with Crippen molar-refractivity contribution in [1.29, 1.82) is 0 Å². The average Bonchev–Trinajstić information content (AvgIpc) is 2.92. The van der Waals surface area contributed by atoms with Gasteiger partial charge < -0.3 is 10.0 Å². The van der Waals surface area contributed by atoms with Crippen LogP contribution in [-0.2, 0) is 0 Å². The van der Waals surface area contributed by atoms with Gasteiger partial charge in [0.1, 0.15) is 0 Å². The molecule has 0 radical (unpaired) electrons. The number of carbonyl (C=O) groups excluding carboxylic acids is 1. The molecule has 0 aliphatic heterocycles. The monoisotopic (exact) mass is 330 g/mol. The number of amides is 1. The van der Waals surface area contributed by atoms with Gasteiger partial charge >= 0.3 is 0 Å². The molecule has 6 heteroatoms. The van der Waals surface area contributed by atoms with Gasteiger partial charge in [0.05, 0.1) is 17.5 Å². The van der Waals surface area contributed by atoms with Crippen LogP contribution in [0, 0.1) is 12.3 Å². The fourth-order valence-electron chi connectivity index (χ4n) is 2.59. The molecule has 2 rings (SSSR count). The molecule has 2 aromatic rings. The Bertz CT molecular complexity index is 674. The fraction of sp³-hybridized carbons (Fsp3) is 0.500. The van der Waals surface area contributed by atoms with Crippen LogP contribution in [0.25, 0.3) is 5.82 Å². The zero-order valence-corrected chi connectivity index (χ0v) is 14.9. The van der Waals surface area contributed by atoms with Crippen LogP contribution >= 0.6 is 0 Å². The molecule has 0 atom stereocenters. The molecule has 1 amide bonds. The van der Waals surface area contributed by atoms with Crippen LogP contribution < -0.4 is 0 Å². The van der Waals surface area contributed by atoms with Crippen molar-refractivity contribution in [2.45, 2.75) is 34.1 Å². The molecule has 2 heterocycles. The molecule has 0 spiro atoms. The molecule has 0 saturated heterocycles. The van der Waals surface area contributed by atoms with E-state index in [4.69, 9.17) is 5.11 Å². The molecule has 0 saturated carbocycles. The van der Waals surface area contributed by atoms with Crippen molar-refractivity contribution in [2.24, 2.45) is 5.41 Å². The zero-order chi connectivity index (χ0) is 17.7. The molecule has 0 aliphatic carbocycles. The van der Waals surface area contributed by atoms with Gasteiger partial charge in [-0.15, -0.1) is 0 Å². The lowest BCUT2D eigenvalue weighted by molar-refractivity contribution is 0.0681. The van der Waals surface area contributed by atoms with E-state index in [1.165, 1.54) is 0 Å². The van der Waals surface area contributed by atoms with Crippen molar-refractivity contribution in [3.63, 3.8) is 0 Å². The number of carbonyl (C=O) groups is 1. The highest BCUT2D eigenvalue weighted by atomic mass is 16.3. The summed E-state index contributed by atoms with van der Waals surface area (Å²) in [5.41, 5.74) is 1.32. The molecular formula is C18H26N4O2. The van der Waals surface area contributed by atoms with E-state index >= 15 is 0 Å². The first kappa shape index (κ1) is 18.1. The molecular weight excluding hydrogens is 304 g/mol. The maximum Gasteiger partial charge on any atom is 0.257 e. The van der Waals surface area contributed by atoms with Crippen LogP contribution in [0.15, 0.2) is 30.6 Å². The van der Waals surface area contributed by atoms with E-state index in [1.54, 1.807) is 22.0 Å². The smallest absolute Gasteiger partial charge is 0.257 e. The number of aliphatic hydroxyl groups excluding tert-OH is 1. The molecule has 130 valence electrons. The third kappa shape index (κ3) is 4.41. The minimum absolute atomic E-state index is 0.0179. The van der Waals surface area contributed by atoms with E-state index in [9.17, 15) is 4.79 Å². The molecule has 0 unspecified atom stereocenters. The number of hydrogen-bond donors (Lipinski definition) is 1. The van der Waals surface area contributed by atoms with Gasteiger partial charge in [-0.3, -0.25) is 4.79 Å². The van der Waals surface area contributed by atoms with E-state index in [-0.39, 0.29) is 17.9 Å². The number of rotatable bonds is 6. The Morgan fingerprint density at radius 3 is 2.67 bits per heavy atom. The van der Waals surface area contributed by atoms with Gasteiger partial charge in [0.25, 0.3) is 5.91 Å². The number of aliphatic hydroxyl groups is 1. The fourth-order valence-corrected chi connectivity index (χ4v) is 2.59. The summed E-state index contributed by atoms with van der Waals surface area (Å²) in [5, 5.41) is 13.4. The summed E-state index contributed by atoms with van der Waals surface area (Å²) in [6, 6.07) is 5.58. The Labute approximate surface area is 143 Å². The number of aromatic nitrogens is 3. The highest BCUT2D eigenvalue weighted by molar-refractivity contribution is 5.95. The Morgan fingerprint density at radius 2 is 2.08 bits per heavy atom. The van der Waals surface area contributed by atoms with Gasteiger partial charge in [0.15, 0.2) is 5.82 Å². The molecule has 6 nitrogen and oxygen atoms in total. The van der Waals surface area contributed by atoms with Crippen molar-refractivity contribution < 1.29 is 9.90 Å². The molecule has 0 fully saturated rings. The number of hydrogen-bond acceptors (Lipinski definition) is 4. The molecule has 1 N–H and O–H groups in total.